The number of nitrogens with one attached hydrogen (secondary N) is 1. The molecule has 1 saturated heterocycles. The smallest absolute Gasteiger partial charge is 0.236 e. The van der Waals surface area contributed by atoms with Crippen molar-refractivity contribution in [3.05, 3.63) is 11.8 Å². The van der Waals surface area contributed by atoms with Crippen LogP contribution in [0.15, 0.2) is 6.07 Å². The third-order valence-corrected chi connectivity index (χ3v) is 5.43. The van der Waals surface area contributed by atoms with Crippen LogP contribution in [0.4, 0.5) is 5.82 Å². The number of hydrogen-bond acceptors (Lipinski definition) is 4. The second kappa shape index (κ2) is 8.01. The topological polar surface area (TPSA) is 55.5 Å². The summed E-state index contributed by atoms with van der Waals surface area (Å²) in [4.78, 5) is 19.0. The number of hydrogen-bond donors (Lipinski definition) is 1. The van der Waals surface area contributed by atoms with Crippen molar-refractivity contribution in [2.45, 2.75) is 39.0 Å². The molecule has 0 radical (unpaired) electrons. The second-order valence-corrected chi connectivity index (χ2v) is 7.45. The zero-order valence-electron chi connectivity index (χ0n) is 15.1. The molecule has 1 aromatic rings. The summed E-state index contributed by atoms with van der Waals surface area (Å²) in [5.74, 6) is 2.00. The molecule has 0 aromatic carbocycles. The van der Waals surface area contributed by atoms with Gasteiger partial charge in [-0.25, -0.2) is 0 Å². The van der Waals surface area contributed by atoms with E-state index in [2.05, 4.69) is 26.1 Å². The average Bonchev–Trinajstić information content (AvgIpc) is 3.03. The number of aromatic nitrogens is 2. The highest BCUT2D eigenvalue weighted by molar-refractivity contribution is 5.78. The molecular formula is C18H31N5O. The van der Waals surface area contributed by atoms with Crippen LogP contribution in [-0.2, 0) is 4.79 Å². The van der Waals surface area contributed by atoms with E-state index >= 15 is 0 Å². The summed E-state index contributed by atoms with van der Waals surface area (Å²) >= 11 is 0. The highest BCUT2D eigenvalue weighted by Crippen LogP contribution is 2.24. The summed E-state index contributed by atoms with van der Waals surface area (Å²) in [7, 11) is 1.97. The molecule has 1 N–H and O–H groups in total. The van der Waals surface area contributed by atoms with Crippen molar-refractivity contribution >= 4 is 11.7 Å². The molecule has 2 aliphatic rings. The van der Waals surface area contributed by atoms with E-state index in [9.17, 15) is 4.79 Å². The van der Waals surface area contributed by atoms with E-state index in [-0.39, 0.29) is 5.91 Å². The van der Waals surface area contributed by atoms with Crippen molar-refractivity contribution < 1.29 is 4.79 Å². The van der Waals surface area contributed by atoms with Crippen molar-refractivity contribution in [1.82, 2.24) is 20.0 Å². The summed E-state index contributed by atoms with van der Waals surface area (Å²) in [6, 6.07) is 2.08. The van der Waals surface area contributed by atoms with E-state index < -0.39 is 0 Å². The minimum atomic E-state index is 0.268. The van der Waals surface area contributed by atoms with E-state index in [4.69, 9.17) is 0 Å². The molecule has 0 atom stereocenters. The van der Waals surface area contributed by atoms with Gasteiger partial charge in [0.2, 0.25) is 5.91 Å². The van der Waals surface area contributed by atoms with Crippen molar-refractivity contribution in [2.75, 3.05) is 51.2 Å². The van der Waals surface area contributed by atoms with Gasteiger partial charge >= 0.3 is 0 Å². The Morgan fingerprint density at radius 1 is 1.25 bits per heavy atom. The first kappa shape index (κ1) is 17.3. The predicted octanol–water partition coefficient (Wildman–Crippen LogP) is 1.88. The minimum Gasteiger partial charge on any atom is -0.353 e. The zero-order valence-corrected chi connectivity index (χ0v) is 15.1. The number of H-pyrrole nitrogens is 1. The molecule has 6 heteroatoms. The molecular weight excluding hydrogens is 302 g/mol. The third-order valence-electron chi connectivity index (χ3n) is 5.43. The summed E-state index contributed by atoms with van der Waals surface area (Å²) < 4.78 is 0. The number of amides is 1. The number of aromatic amines is 1. The van der Waals surface area contributed by atoms with Gasteiger partial charge in [-0.1, -0.05) is 19.3 Å². The first-order valence-electron chi connectivity index (χ1n) is 9.35. The molecule has 1 amide bonds. The number of nitrogens with zero attached hydrogens (tertiary/aromatic N) is 4. The lowest BCUT2D eigenvalue weighted by molar-refractivity contribution is -0.131. The monoisotopic (exact) mass is 333 g/mol. The Hall–Kier alpha value is -1.56. The predicted molar refractivity (Wildman–Crippen MR) is 96.2 cm³/mol. The van der Waals surface area contributed by atoms with Crippen LogP contribution in [-0.4, -0.2) is 72.2 Å². The number of carbonyl (C=O) groups is 1. The van der Waals surface area contributed by atoms with Crippen LogP contribution in [0.2, 0.25) is 0 Å². The molecule has 134 valence electrons. The van der Waals surface area contributed by atoms with Crippen LogP contribution in [0, 0.1) is 12.8 Å². The summed E-state index contributed by atoms with van der Waals surface area (Å²) in [5, 5.41) is 7.32. The average molecular weight is 333 g/mol. The highest BCUT2D eigenvalue weighted by atomic mass is 16.2. The lowest BCUT2D eigenvalue weighted by atomic mass is 9.89. The number of carbonyl (C=O) groups excluding carboxylic acids is 1. The Morgan fingerprint density at radius 3 is 2.58 bits per heavy atom. The normalized spacial score (nSPS) is 20.3. The maximum Gasteiger partial charge on any atom is 0.236 e. The molecule has 0 spiro atoms. The molecule has 1 aliphatic carbocycles. The van der Waals surface area contributed by atoms with Gasteiger partial charge in [-0.05, 0) is 25.7 Å². The maximum atomic E-state index is 12.5. The number of rotatable bonds is 5. The van der Waals surface area contributed by atoms with Gasteiger partial charge in [0.05, 0.1) is 6.54 Å². The lowest BCUT2D eigenvalue weighted by Gasteiger charge is -2.35. The highest BCUT2D eigenvalue weighted by Gasteiger charge is 2.23. The molecule has 1 saturated carbocycles. The van der Waals surface area contributed by atoms with E-state index in [1.165, 1.54) is 32.1 Å². The fraction of sp³-hybridized carbons (Fsp3) is 0.778. The first-order valence-corrected chi connectivity index (χ1v) is 9.35. The van der Waals surface area contributed by atoms with Crippen molar-refractivity contribution in [3.8, 4) is 0 Å². The minimum absolute atomic E-state index is 0.268. The molecule has 6 nitrogen and oxygen atoms in total. The first-order chi connectivity index (χ1) is 11.6. The van der Waals surface area contributed by atoms with Gasteiger partial charge in [0.25, 0.3) is 0 Å². The molecule has 2 fully saturated rings. The largest absolute Gasteiger partial charge is 0.353 e. The number of aryl methyl sites for hydroxylation is 1. The quantitative estimate of drug-likeness (QED) is 0.894. The van der Waals surface area contributed by atoms with Gasteiger partial charge in [-0.3, -0.25) is 14.8 Å². The van der Waals surface area contributed by atoms with Gasteiger partial charge in [0.1, 0.15) is 0 Å². The molecule has 0 unspecified atom stereocenters. The van der Waals surface area contributed by atoms with Crippen LogP contribution in [0.1, 0.15) is 37.8 Å². The zero-order chi connectivity index (χ0) is 16.9. The van der Waals surface area contributed by atoms with E-state index in [1.54, 1.807) is 0 Å². The second-order valence-electron chi connectivity index (χ2n) is 7.45. The lowest BCUT2D eigenvalue weighted by Crippen LogP contribution is -2.50. The molecule has 0 bridgehead atoms. The molecule has 24 heavy (non-hydrogen) atoms. The van der Waals surface area contributed by atoms with Gasteiger partial charge in [0.15, 0.2) is 5.82 Å². The molecule has 2 heterocycles. The third kappa shape index (κ3) is 4.50. The summed E-state index contributed by atoms with van der Waals surface area (Å²) in [5.41, 5.74) is 1.09. The fourth-order valence-electron chi connectivity index (χ4n) is 3.87. The Labute approximate surface area is 145 Å². The Kier molecular flexibility index (Phi) is 5.76. The van der Waals surface area contributed by atoms with E-state index in [0.29, 0.717) is 12.5 Å². The van der Waals surface area contributed by atoms with Crippen molar-refractivity contribution in [3.63, 3.8) is 0 Å². The van der Waals surface area contributed by atoms with Gasteiger partial charge in [-0.15, -0.1) is 0 Å². The number of piperazine rings is 1. The SMILES string of the molecule is Cc1cc(N2CCN(CC(=O)N(C)CC3CCCCC3)CC2)n[nH]1. The van der Waals surface area contributed by atoms with Crippen LogP contribution >= 0.6 is 0 Å². The van der Waals surface area contributed by atoms with Crippen molar-refractivity contribution in [2.24, 2.45) is 5.92 Å². The number of anilines is 1. The van der Waals surface area contributed by atoms with Crippen LogP contribution in [0.3, 0.4) is 0 Å². The Morgan fingerprint density at radius 2 is 1.96 bits per heavy atom. The maximum absolute atomic E-state index is 12.5. The fourth-order valence-corrected chi connectivity index (χ4v) is 3.87. The molecule has 3 rings (SSSR count). The Bertz CT molecular complexity index is 529. The van der Waals surface area contributed by atoms with E-state index in [1.807, 2.05) is 18.9 Å². The number of likely N-dealkylation sites (N-methyl/N-ethyl adjacent to an activating group) is 1. The van der Waals surface area contributed by atoms with Gasteiger partial charge in [0, 0.05) is 51.5 Å². The van der Waals surface area contributed by atoms with Gasteiger partial charge < -0.3 is 9.80 Å². The molecule has 1 aromatic heterocycles. The van der Waals surface area contributed by atoms with Crippen LogP contribution < -0.4 is 4.90 Å². The van der Waals surface area contributed by atoms with Crippen LogP contribution in [0.25, 0.3) is 0 Å². The summed E-state index contributed by atoms with van der Waals surface area (Å²) in [6.45, 7) is 7.23. The van der Waals surface area contributed by atoms with Crippen molar-refractivity contribution in [1.29, 1.82) is 0 Å². The molecule has 1 aliphatic heterocycles. The van der Waals surface area contributed by atoms with E-state index in [0.717, 1.165) is 44.2 Å². The van der Waals surface area contributed by atoms with Gasteiger partial charge in [-0.2, -0.15) is 5.10 Å². The Balaban J connectivity index is 1.40. The standard InChI is InChI=1S/C18H31N5O/c1-15-12-17(20-19-15)23-10-8-22(9-11-23)14-18(24)21(2)13-16-6-4-3-5-7-16/h12,16H,3-11,13-14H2,1-2H3,(H,19,20). The van der Waals surface area contributed by atoms with Crippen LogP contribution in [0.5, 0.6) is 0 Å². The summed E-state index contributed by atoms with van der Waals surface area (Å²) in [6.07, 6.45) is 6.62.